The minimum atomic E-state index is 0.266. The van der Waals surface area contributed by atoms with Crippen LogP contribution >= 0.6 is 11.8 Å². The van der Waals surface area contributed by atoms with Crippen LogP contribution in [0.5, 0.6) is 0 Å². The molecule has 1 amide bonds. The summed E-state index contributed by atoms with van der Waals surface area (Å²) in [6.07, 6.45) is 10.4. The molecular weight excluding hydrogens is 244 g/mol. The average Bonchev–Trinajstić information content (AvgIpc) is 2.87. The predicted molar refractivity (Wildman–Crippen MR) is 77.9 cm³/mol. The second kappa shape index (κ2) is 6.80. The van der Waals surface area contributed by atoms with Crippen LogP contribution in [-0.2, 0) is 4.79 Å². The lowest BCUT2D eigenvalue weighted by Crippen LogP contribution is -2.39. The van der Waals surface area contributed by atoms with Crippen molar-refractivity contribution in [3.63, 3.8) is 0 Å². The number of thioether (sulfide) groups is 1. The number of piperidine rings is 1. The Labute approximate surface area is 115 Å². The van der Waals surface area contributed by atoms with Crippen LogP contribution in [0.3, 0.4) is 0 Å². The van der Waals surface area contributed by atoms with Gasteiger partial charge in [-0.3, -0.25) is 4.79 Å². The highest BCUT2D eigenvalue weighted by Crippen LogP contribution is 2.39. The van der Waals surface area contributed by atoms with Gasteiger partial charge in [-0.2, -0.15) is 11.8 Å². The molecule has 0 spiro atoms. The Morgan fingerprint density at radius 3 is 2.61 bits per heavy atom. The molecule has 0 aromatic heterocycles. The van der Waals surface area contributed by atoms with Crippen LogP contribution in [0.15, 0.2) is 0 Å². The summed E-state index contributed by atoms with van der Waals surface area (Å²) in [5.41, 5.74) is 0. The number of carbonyl (C=O) groups excluding carboxylic acids is 1. The Hall–Kier alpha value is -0.220. The summed E-state index contributed by atoms with van der Waals surface area (Å²) >= 11 is 1.94. The van der Waals surface area contributed by atoms with E-state index in [0.717, 1.165) is 38.9 Å². The molecule has 4 heteroatoms. The van der Waals surface area contributed by atoms with Crippen molar-refractivity contribution in [2.75, 3.05) is 25.9 Å². The molecule has 1 saturated heterocycles. The molecule has 0 atom stereocenters. The summed E-state index contributed by atoms with van der Waals surface area (Å²) in [5, 5.41) is 6.53. The Kier molecular flexibility index (Phi) is 5.37. The lowest BCUT2D eigenvalue weighted by molar-refractivity contribution is -0.122. The third-order valence-electron chi connectivity index (χ3n) is 4.49. The molecule has 3 nitrogen and oxygen atoms in total. The third-order valence-corrected chi connectivity index (χ3v) is 5.91. The molecule has 2 N–H and O–H groups in total. The second-order valence-electron chi connectivity index (χ2n) is 5.77. The summed E-state index contributed by atoms with van der Waals surface area (Å²) in [5.74, 6) is 0.863. The second-order valence-corrected chi connectivity index (χ2v) is 7.04. The highest BCUT2D eigenvalue weighted by atomic mass is 32.2. The van der Waals surface area contributed by atoms with Crippen molar-refractivity contribution in [3.8, 4) is 0 Å². The van der Waals surface area contributed by atoms with Crippen LogP contribution in [0.2, 0.25) is 0 Å². The van der Waals surface area contributed by atoms with Gasteiger partial charge in [0.05, 0.1) is 0 Å². The molecule has 0 aromatic carbocycles. The lowest BCUT2D eigenvalue weighted by Gasteiger charge is -2.28. The molecule has 0 aromatic rings. The first-order valence-electron chi connectivity index (χ1n) is 7.27. The molecule has 1 heterocycles. The molecule has 0 radical (unpaired) electrons. The van der Waals surface area contributed by atoms with Crippen molar-refractivity contribution in [2.45, 2.75) is 49.7 Å². The van der Waals surface area contributed by atoms with Gasteiger partial charge in [0.25, 0.3) is 0 Å². The molecule has 2 rings (SSSR count). The minimum Gasteiger partial charge on any atom is -0.355 e. The molecule has 1 aliphatic heterocycles. The van der Waals surface area contributed by atoms with Crippen LogP contribution < -0.4 is 10.6 Å². The van der Waals surface area contributed by atoms with Gasteiger partial charge in [0.1, 0.15) is 0 Å². The molecule has 2 fully saturated rings. The maximum atomic E-state index is 12.0. The standard InChI is InChI=1S/C14H26N2OS/c1-18-14(6-2-3-7-14)11-16-13(17)10-12-4-8-15-9-5-12/h12,15H,2-11H2,1H3,(H,16,17). The van der Waals surface area contributed by atoms with E-state index in [2.05, 4.69) is 16.9 Å². The van der Waals surface area contributed by atoms with E-state index in [4.69, 9.17) is 0 Å². The first-order chi connectivity index (χ1) is 8.74. The zero-order valence-corrected chi connectivity index (χ0v) is 12.3. The van der Waals surface area contributed by atoms with E-state index in [1.54, 1.807) is 0 Å². The first-order valence-corrected chi connectivity index (χ1v) is 8.49. The monoisotopic (exact) mass is 270 g/mol. The van der Waals surface area contributed by atoms with E-state index in [-0.39, 0.29) is 5.91 Å². The van der Waals surface area contributed by atoms with Crippen molar-refractivity contribution in [3.05, 3.63) is 0 Å². The smallest absolute Gasteiger partial charge is 0.220 e. The average molecular weight is 270 g/mol. The van der Waals surface area contributed by atoms with Crippen LogP contribution in [-0.4, -0.2) is 36.5 Å². The minimum absolute atomic E-state index is 0.266. The molecule has 1 aliphatic carbocycles. The quantitative estimate of drug-likeness (QED) is 0.804. The zero-order valence-electron chi connectivity index (χ0n) is 11.5. The van der Waals surface area contributed by atoms with Gasteiger partial charge in [0.15, 0.2) is 0 Å². The molecule has 0 bridgehead atoms. The van der Waals surface area contributed by atoms with Crippen molar-refractivity contribution in [1.29, 1.82) is 0 Å². The number of hydrogen-bond donors (Lipinski definition) is 2. The van der Waals surface area contributed by atoms with E-state index < -0.39 is 0 Å². The molecule has 2 aliphatic rings. The van der Waals surface area contributed by atoms with Gasteiger partial charge in [0, 0.05) is 17.7 Å². The number of hydrogen-bond acceptors (Lipinski definition) is 3. The van der Waals surface area contributed by atoms with E-state index >= 15 is 0 Å². The molecule has 0 unspecified atom stereocenters. The number of nitrogens with one attached hydrogen (secondary N) is 2. The van der Waals surface area contributed by atoms with E-state index in [9.17, 15) is 4.79 Å². The molecular formula is C14H26N2OS. The predicted octanol–water partition coefficient (Wildman–Crippen LogP) is 2.17. The van der Waals surface area contributed by atoms with Crippen molar-refractivity contribution in [2.24, 2.45) is 5.92 Å². The lowest BCUT2D eigenvalue weighted by atomic mass is 9.94. The maximum absolute atomic E-state index is 12.0. The van der Waals surface area contributed by atoms with Crippen molar-refractivity contribution in [1.82, 2.24) is 10.6 Å². The van der Waals surface area contributed by atoms with Gasteiger partial charge < -0.3 is 10.6 Å². The number of rotatable bonds is 5. The third kappa shape index (κ3) is 3.89. The number of amides is 1. The summed E-state index contributed by atoms with van der Waals surface area (Å²) in [7, 11) is 0. The fourth-order valence-corrected chi connectivity index (χ4v) is 4.07. The molecule has 104 valence electrons. The fourth-order valence-electron chi connectivity index (χ4n) is 3.15. The van der Waals surface area contributed by atoms with Gasteiger partial charge in [0.2, 0.25) is 5.91 Å². The zero-order chi connectivity index (χ0) is 12.8. The summed E-state index contributed by atoms with van der Waals surface area (Å²) in [6, 6.07) is 0. The largest absolute Gasteiger partial charge is 0.355 e. The van der Waals surface area contributed by atoms with E-state index in [0.29, 0.717) is 10.7 Å². The summed E-state index contributed by atoms with van der Waals surface area (Å²) in [4.78, 5) is 12.0. The Balaban J connectivity index is 1.70. The van der Waals surface area contributed by atoms with E-state index in [1.807, 2.05) is 11.8 Å². The fraction of sp³-hybridized carbons (Fsp3) is 0.929. The Bertz CT molecular complexity index is 271. The summed E-state index contributed by atoms with van der Waals surface area (Å²) < 4.78 is 0.337. The van der Waals surface area contributed by atoms with Gasteiger partial charge in [-0.1, -0.05) is 12.8 Å². The normalized spacial score (nSPS) is 24.1. The van der Waals surface area contributed by atoms with E-state index in [1.165, 1.54) is 25.7 Å². The van der Waals surface area contributed by atoms with Crippen molar-refractivity contribution < 1.29 is 4.79 Å². The first kappa shape index (κ1) is 14.2. The van der Waals surface area contributed by atoms with Gasteiger partial charge in [-0.15, -0.1) is 0 Å². The SMILES string of the molecule is CSC1(CNC(=O)CC2CCNCC2)CCCC1. The number of carbonyl (C=O) groups is 1. The Morgan fingerprint density at radius 2 is 2.00 bits per heavy atom. The van der Waals surface area contributed by atoms with Crippen LogP contribution in [0.1, 0.15) is 44.9 Å². The topological polar surface area (TPSA) is 41.1 Å². The van der Waals surface area contributed by atoms with Crippen LogP contribution in [0, 0.1) is 5.92 Å². The van der Waals surface area contributed by atoms with Gasteiger partial charge in [-0.25, -0.2) is 0 Å². The van der Waals surface area contributed by atoms with Crippen molar-refractivity contribution >= 4 is 17.7 Å². The van der Waals surface area contributed by atoms with Crippen LogP contribution in [0.25, 0.3) is 0 Å². The highest BCUT2D eigenvalue weighted by Gasteiger charge is 2.33. The molecule has 1 saturated carbocycles. The highest BCUT2D eigenvalue weighted by molar-refractivity contribution is 8.00. The van der Waals surface area contributed by atoms with Gasteiger partial charge in [-0.05, 0) is 50.9 Å². The van der Waals surface area contributed by atoms with Crippen LogP contribution in [0.4, 0.5) is 0 Å². The van der Waals surface area contributed by atoms with Gasteiger partial charge >= 0.3 is 0 Å². The maximum Gasteiger partial charge on any atom is 0.220 e. The molecule has 18 heavy (non-hydrogen) atoms. The summed E-state index contributed by atoms with van der Waals surface area (Å²) in [6.45, 7) is 3.03. The Morgan fingerprint density at radius 1 is 1.33 bits per heavy atom.